The third-order valence-corrected chi connectivity index (χ3v) is 6.63. The molecule has 4 rings (SSSR count). The van der Waals surface area contributed by atoms with Crippen molar-refractivity contribution < 1.29 is 18.5 Å². The number of rotatable bonds is 9. The highest BCUT2D eigenvalue weighted by atomic mass is 35.5. The molecule has 0 aliphatic heterocycles. The van der Waals surface area contributed by atoms with Crippen LogP contribution in [-0.2, 0) is 24.4 Å². The zero-order valence-electron chi connectivity index (χ0n) is 18.0. The molecule has 0 N–H and O–H groups in total. The third kappa shape index (κ3) is 6.05. The lowest BCUT2D eigenvalue weighted by Gasteiger charge is -2.19. The lowest BCUT2D eigenvalue weighted by atomic mass is 10.1. The van der Waals surface area contributed by atoms with Crippen molar-refractivity contribution in [2.75, 3.05) is 0 Å². The molecule has 1 heterocycles. The van der Waals surface area contributed by atoms with Gasteiger partial charge >= 0.3 is 0 Å². The molecule has 0 saturated heterocycles. The molecule has 4 aromatic rings. The maximum absolute atomic E-state index is 13.1. The van der Waals surface area contributed by atoms with Crippen LogP contribution >= 0.6 is 34.8 Å². The summed E-state index contributed by atoms with van der Waals surface area (Å²) in [5.41, 5.74) is 2.19. The number of Topliss-reactive ketones (excluding diaryl/α,β-unsaturated/α-hetero) is 1. The van der Waals surface area contributed by atoms with E-state index in [0.29, 0.717) is 28.8 Å². The molecular formula is C26H21Cl3FN2O2+. The Morgan fingerprint density at radius 2 is 1.71 bits per heavy atom. The lowest BCUT2D eigenvalue weighted by molar-refractivity contribution is -0.682. The van der Waals surface area contributed by atoms with E-state index in [0.717, 1.165) is 11.1 Å². The van der Waals surface area contributed by atoms with Gasteiger partial charge in [-0.2, -0.15) is 0 Å². The number of benzene rings is 3. The third-order valence-electron chi connectivity index (χ3n) is 5.32. The van der Waals surface area contributed by atoms with E-state index in [1.807, 2.05) is 53.5 Å². The summed E-state index contributed by atoms with van der Waals surface area (Å²) in [4.78, 5) is 12.5. The Hall–Kier alpha value is -2.70. The Morgan fingerprint density at radius 1 is 0.971 bits per heavy atom. The van der Waals surface area contributed by atoms with E-state index in [2.05, 4.69) is 0 Å². The van der Waals surface area contributed by atoms with E-state index < -0.39 is 6.10 Å². The molecule has 0 saturated carbocycles. The molecule has 0 fully saturated rings. The number of hydrogen-bond donors (Lipinski definition) is 0. The van der Waals surface area contributed by atoms with Crippen LogP contribution in [0.3, 0.4) is 0 Å². The summed E-state index contributed by atoms with van der Waals surface area (Å²) >= 11 is 18.9. The van der Waals surface area contributed by atoms with Gasteiger partial charge in [-0.3, -0.25) is 4.79 Å². The van der Waals surface area contributed by atoms with Gasteiger partial charge in [0.25, 0.3) is 0 Å². The minimum absolute atomic E-state index is 0.118. The molecule has 174 valence electrons. The fourth-order valence-electron chi connectivity index (χ4n) is 3.53. The van der Waals surface area contributed by atoms with Gasteiger partial charge in [0.1, 0.15) is 30.9 Å². The number of aromatic nitrogens is 2. The van der Waals surface area contributed by atoms with Gasteiger partial charge < -0.3 is 4.74 Å². The summed E-state index contributed by atoms with van der Waals surface area (Å²) in [5, 5.41) is 0.996. The van der Waals surface area contributed by atoms with E-state index in [1.165, 1.54) is 24.3 Å². The Labute approximate surface area is 212 Å². The summed E-state index contributed by atoms with van der Waals surface area (Å²) in [6.45, 7) is 0.941. The van der Waals surface area contributed by atoms with E-state index in [9.17, 15) is 9.18 Å². The Kier molecular flexibility index (Phi) is 8.01. The van der Waals surface area contributed by atoms with Crippen molar-refractivity contribution in [3.63, 3.8) is 0 Å². The number of imidazole rings is 1. The first-order chi connectivity index (χ1) is 16.4. The summed E-state index contributed by atoms with van der Waals surface area (Å²) in [5.74, 6) is -0.495. The second-order valence-corrected chi connectivity index (χ2v) is 8.93. The zero-order valence-corrected chi connectivity index (χ0v) is 20.3. The summed E-state index contributed by atoms with van der Waals surface area (Å²) in [7, 11) is 0. The van der Waals surface area contributed by atoms with Crippen LogP contribution in [0.25, 0.3) is 0 Å². The van der Waals surface area contributed by atoms with Crippen molar-refractivity contribution in [2.24, 2.45) is 0 Å². The Balaban J connectivity index is 1.52. The molecule has 3 aromatic carbocycles. The molecule has 4 nitrogen and oxygen atoms in total. The van der Waals surface area contributed by atoms with Crippen LogP contribution in [0.5, 0.6) is 0 Å². The molecular weight excluding hydrogens is 498 g/mol. The van der Waals surface area contributed by atoms with Gasteiger partial charge in [0.15, 0.2) is 6.54 Å². The standard InChI is InChI=1S/C26H21Cl3FN2O2/c27-22-11-10-21(25(28)26(22)29)24(34-16-18-4-2-1-3-5-18)15-32-13-12-31(17-32)14-23(33)19-6-8-20(30)9-7-19/h1-13,17,24H,14-16H2/q+1. The topological polar surface area (TPSA) is 35.1 Å². The van der Waals surface area contributed by atoms with Crippen LogP contribution in [-0.4, -0.2) is 10.4 Å². The first-order valence-electron chi connectivity index (χ1n) is 10.5. The van der Waals surface area contributed by atoms with Crippen LogP contribution in [0.4, 0.5) is 4.39 Å². The number of carbonyl (C=O) groups is 1. The molecule has 0 radical (unpaired) electrons. The molecule has 0 spiro atoms. The van der Waals surface area contributed by atoms with Gasteiger partial charge in [-0.15, -0.1) is 0 Å². The SMILES string of the molecule is O=C(C[n+]1ccn(CC(OCc2ccccc2)c2ccc(Cl)c(Cl)c2Cl)c1)c1ccc(F)cc1. The van der Waals surface area contributed by atoms with Gasteiger partial charge in [0.05, 0.1) is 21.7 Å². The Bertz CT molecular complexity index is 1280. The van der Waals surface area contributed by atoms with Crippen molar-refractivity contribution in [2.45, 2.75) is 25.8 Å². The molecule has 1 unspecified atom stereocenters. The van der Waals surface area contributed by atoms with Gasteiger partial charge in [-0.05, 0) is 35.9 Å². The van der Waals surface area contributed by atoms with E-state index in [1.54, 1.807) is 16.8 Å². The second kappa shape index (κ2) is 11.2. The van der Waals surface area contributed by atoms with Gasteiger partial charge in [0.2, 0.25) is 12.1 Å². The number of ether oxygens (including phenoxy) is 1. The number of nitrogens with zero attached hydrogens (tertiary/aromatic N) is 2. The average molecular weight is 519 g/mol. The van der Waals surface area contributed by atoms with Crippen LogP contribution in [0.2, 0.25) is 15.1 Å². The highest BCUT2D eigenvalue weighted by Gasteiger charge is 2.22. The highest BCUT2D eigenvalue weighted by Crippen LogP contribution is 2.37. The highest BCUT2D eigenvalue weighted by molar-refractivity contribution is 6.48. The largest absolute Gasteiger partial charge is 0.365 e. The maximum Gasteiger partial charge on any atom is 0.244 e. The van der Waals surface area contributed by atoms with Crippen molar-refractivity contribution in [1.29, 1.82) is 0 Å². The molecule has 0 bridgehead atoms. The van der Waals surface area contributed by atoms with Crippen LogP contribution in [0.15, 0.2) is 85.5 Å². The van der Waals surface area contributed by atoms with Crippen LogP contribution in [0.1, 0.15) is 27.6 Å². The van der Waals surface area contributed by atoms with Gasteiger partial charge in [-0.1, -0.05) is 71.2 Å². The van der Waals surface area contributed by atoms with E-state index in [-0.39, 0.29) is 23.2 Å². The monoisotopic (exact) mass is 517 g/mol. The van der Waals surface area contributed by atoms with Gasteiger partial charge in [0, 0.05) is 11.1 Å². The van der Waals surface area contributed by atoms with Crippen molar-refractivity contribution in [1.82, 2.24) is 4.57 Å². The van der Waals surface area contributed by atoms with Gasteiger partial charge in [-0.25, -0.2) is 13.5 Å². The van der Waals surface area contributed by atoms with Crippen molar-refractivity contribution in [3.8, 4) is 0 Å². The maximum atomic E-state index is 13.1. The molecule has 1 aromatic heterocycles. The summed E-state index contributed by atoms with van der Waals surface area (Å²) in [6, 6.07) is 18.8. The van der Waals surface area contributed by atoms with Crippen LogP contribution in [0, 0.1) is 5.82 Å². The second-order valence-electron chi connectivity index (χ2n) is 7.76. The van der Waals surface area contributed by atoms with E-state index in [4.69, 9.17) is 39.5 Å². The fraction of sp³-hybridized carbons (Fsp3) is 0.154. The molecule has 0 aliphatic carbocycles. The lowest BCUT2D eigenvalue weighted by Crippen LogP contribution is -2.36. The molecule has 1 atom stereocenters. The summed E-state index contributed by atoms with van der Waals surface area (Å²) < 4.78 is 23.0. The molecule has 0 aliphatic rings. The predicted molar refractivity (Wildman–Crippen MR) is 131 cm³/mol. The average Bonchev–Trinajstić information content (AvgIpc) is 3.28. The van der Waals surface area contributed by atoms with E-state index >= 15 is 0 Å². The number of halogens is 4. The number of carbonyl (C=O) groups excluding carboxylic acids is 1. The number of ketones is 1. The minimum atomic E-state index is -0.420. The number of hydrogen-bond acceptors (Lipinski definition) is 2. The summed E-state index contributed by atoms with van der Waals surface area (Å²) in [6.07, 6.45) is 5.04. The molecule has 8 heteroatoms. The fourth-order valence-corrected chi connectivity index (χ4v) is 4.19. The normalized spacial score (nSPS) is 12.0. The smallest absolute Gasteiger partial charge is 0.244 e. The first-order valence-corrected chi connectivity index (χ1v) is 11.7. The molecule has 34 heavy (non-hydrogen) atoms. The molecule has 0 amide bonds. The predicted octanol–water partition coefficient (Wildman–Crippen LogP) is 6.72. The zero-order chi connectivity index (χ0) is 24.1. The quantitative estimate of drug-likeness (QED) is 0.140. The van der Waals surface area contributed by atoms with Crippen LogP contribution < -0.4 is 4.57 Å². The van der Waals surface area contributed by atoms with Crippen molar-refractivity contribution >= 4 is 40.6 Å². The van der Waals surface area contributed by atoms with Crippen molar-refractivity contribution in [3.05, 3.63) is 123 Å². The first kappa shape index (κ1) is 24.4. The Morgan fingerprint density at radius 3 is 2.44 bits per heavy atom. The minimum Gasteiger partial charge on any atom is -0.365 e.